The van der Waals surface area contributed by atoms with Crippen LogP contribution in [-0.2, 0) is 13.1 Å². The highest BCUT2D eigenvalue weighted by molar-refractivity contribution is 5.61. The van der Waals surface area contributed by atoms with Gasteiger partial charge in [-0.3, -0.25) is 10.1 Å². The number of nitrogens with zero attached hydrogens (tertiary/aromatic N) is 3. The number of halogens is 1. The zero-order valence-corrected chi connectivity index (χ0v) is 11.0. The summed E-state index contributed by atoms with van der Waals surface area (Å²) < 4.78 is 15.2. The van der Waals surface area contributed by atoms with E-state index in [1.165, 1.54) is 0 Å². The monoisotopic (exact) mass is 278 g/mol. The topological polar surface area (TPSA) is 73.0 Å². The van der Waals surface area contributed by atoms with Gasteiger partial charge in [0.1, 0.15) is 11.5 Å². The Hall–Kier alpha value is -2.44. The molecule has 0 fully saturated rings. The average Bonchev–Trinajstić information content (AvgIpc) is 2.84. The number of rotatable bonds is 6. The number of nitro benzene ring substituents is 1. The van der Waals surface area contributed by atoms with Crippen LogP contribution in [0.5, 0.6) is 0 Å². The van der Waals surface area contributed by atoms with E-state index in [4.69, 9.17) is 0 Å². The van der Waals surface area contributed by atoms with Gasteiger partial charge in [-0.2, -0.15) is 0 Å². The minimum atomic E-state index is -0.537. The number of hydrogen-bond acceptors (Lipinski definition) is 4. The SMILES string of the molecule is CCCn1cncc1CNc1cc(F)ccc1[N+](=O)[O-]. The summed E-state index contributed by atoms with van der Waals surface area (Å²) in [4.78, 5) is 14.4. The molecule has 0 amide bonds. The van der Waals surface area contributed by atoms with Crippen LogP contribution in [0.25, 0.3) is 0 Å². The molecule has 0 aliphatic carbocycles. The van der Waals surface area contributed by atoms with Crippen LogP contribution >= 0.6 is 0 Å². The number of nitro groups is 1. The van der Waals surface area contributed by atoms with Gasteiger partial charge in [-0.25, -0.2) is 9.37 Å². The molecule has 0 bridgehead atoms. The van der Waals surface area contributed by atoms with Crippen LogP contribution < -0.4 is 5.32 Å². The molecule has 0 radical (unpaired) electrons. The summed E-state index contributed by atoms with van der Waals surface area (Å²) in [5.41, 5.74) is 0.914. The molecule has 0 saturated heterocycles. The Labute approximate surface area is 115 Å². The van der Waals surface area contributed by atoms with Gasteiger partial charge >= 0.3 is 0 Å². The molecule has 1 heterocycles. The van der Waals surface area contributed by atoms with E-state index in [1.807, 2.05) is 4.57 Å². The molecule has 0 atom stereocenters. The molecule has 1 aromatic heterocycles. The summed E-state index contributed by atoms with van der Waals surface area (Å²) in [7, 11) is 0. The van der Waals surface area contributed by atoms with Gasteiger partial charge in [0.2, 0.25) is 0 Å². The van der Waals surface area contributed by atoms with Crippen molar-refractivity contribution in [2.45, 2.75) is 26.4 Å². The van der Waals surface area contributed by atoms with E-state index in [0.29, 0.717) is 6.54 Å². The Bertz CT molecular complexity index is 612. The first-order chi connectivity index (χ1) is 9.61. The highest BCUT2D eigenvalue weighted by Gasteiger charge is 2.14. The standard InChI is InChI=1S/C13H15FN4O2/c1-2-5-17-9-15-7-11(17)8-16-12-6-10(14)3-4-13(12)18(19)20/h3-4,6-7,9,16H,2,5,8H2,1H3. The van der Waals surface area contributed by atoms with E-state index in [0.717, 1.165) is 36.9 Å². The first-order valence-electron chi connectivity index (χ1n) is 6.28. The third-order valence-corrected chi connectivity index (χ3v) is 2.88. The van der Waals surface area contributed by atoms with Crippen LogP contribution in [0.4, 0.5) is 15.8 Å². The Balaban J connectivity index is 2.16. The molecule has 0 aliphatic heterocycles. The number of nitrogens with one attached hydrogen (secondary N) is 1. The lowest BCUT2D eigenvalue weighted by Gasteiger charge is -2.09. The molecule has 1 N–H and O–H groups in total. The fraction of sp³-hybridized carbons (Fsp3) is 0.308. The maximum atomic E-state index is 13.2. The molecule has 0 unspecified atom stereocenters. The number of hydrogen-bond donors (Lipinski definition) is 1. The second-order valence-electron chi connectivity index (χ2n) is 4.35. The van der Waals surface area contributed by atoms with Crippen LogP contribution in [0.3, 0.4) is 0 Å². The smallest absolute Gasteiger partial charge is 0.292 e. The summed E-state index contributed by atoms with van der Waals surface area (Å²) >= 11 is 0. The highest BCUT2D eigenvalue weighted by Crippen LogP contribution is 2.25. The Morgan fingerprint density at radius 1 is 1.50 bits per heavy atom. The van der Waals surface area contributed by atoms with Crippen molar-refractivity contribution in [2.24, 2.45) is 0 Å². The van der Waals surface area contributed by atoms with Crippen LogP contribution in [0.1, 0.15) is 19.0 Å². The Kier molecular flexibility index (Phi) is 4.29. The largest absolute Gasteiger partial charge is 0.374 e. The molecule has 2 rings (SSSR count). The van der Waals surface area contributed by atoms with Crippen LogP contribution in [0.15, 0.2) is 30.7 Å². The molecule has 1 aromatic carbocycles. The predicted octanol–water partition coefficient (Wildman–Crippen LogP) is 2.95. The van der Waals surface area contributed by atoms with Gasteiger partial charge in [0, 0.05) is 24.9 Å². The second-order valence-corrected chi connectivity index (χ2v) is 4.35. The summed E-state index contributed by atoms with van der Waals surface area (Å²) in [5.74, 6) is -0.514. The van der Waals surface area contributed by atoms with Crippen molar-refractivity contribution in [2.75, 3.05) is 5.32 Å². The van der Waals surface area contributed by atoms with Crippen LogP contribution in [0, 0.1) is 15.9 Å². The van der Waals surface area contributed by atoms with E-state index < -0.39 is 10.7 Å². The maximum absolute atomic E-state index is 13.2. The Morgan fingerprint density at radius 3 is 3.00 bits per heavy atom. The molecular formula is C13H15FN4O2. The van der Waals surface area contributed by atoms with Gasteiger partial charge in [-0.15, -0.1) is 0 Å². The molecule has 0 saturated carbocycles. The summed E-state index contributed by atoms with van der Waals surface area (Å²) in [6.07, 6.45) is 4.36. The quantitative estimate of drug-likeness (QED) is 0.651. The van der Waals surface area contributed by atoms with Crippen LogP contribution in [0.2, 0.25) is 0 Å². The van der Waals surface area contributed by atoms with E-state index in [1.54, 1.807) is 12.5 Å². The van der Waals surface area contributed by atoms with Crippen molar-refractivity contribution in [3.05, 3.63) is 52.3 Å². The fourth-order valence-electron chi connectivity index (χ4n) is 1.93. The van der Waals surface area contributed by atoms with Crippen molar-refractivity contribution in [1.29, 1.82) is 0 Å². The summed E-state index contributed by atoms with van der Waals surface area (Å²) in [6.45, 7) is 3.22. The average molecular weight is 278 g/mol. The minimum absolute atomic E-state index is 0.145. The molecular weight excluding hydrogens is 263 g/mol. The van der Waals surface area contributed by atoms with Crippen molar-refractivity contribution in [1.82, 2.24) is 9.55 Å². The van der Waals surface area contributed by atoms with E-state index in [9.17, 15) is 14.5 Å². The van der Waals surface area contributed by atoms with E-state index in [2.05, 4.69) is 17.2 Å². The van der Waals surface area contributed by atoms with Gasteiger partial charge < -0.3 is 9.88 Å². The zero-order chi connectivity index (χ0) is 14.5. The van der Waals surface area contributed by atoms with Gasteiger partial charge in [0.25, 0.3) is 5.69 Å². The molecule has 20 heavy (non-hydrogen) atoms. The first-order valence-corrected chi connectivity index (χ1v) is 6.28. The third kappa shape index (κ3) is 3.11. The van der Waals surface area contributed by atoms with Crippen molar-refractivity contribution in [3.63, 3.8) is 0 Å². The number of aryl methyl sites for hydroxylation is 1. The number of aromatic nitrogens is 2. The molecule has 6 nitrogen and oxygen atoms in total. The molecule has 0 spiro atoms. The number of imidazole rings is 1. The minimum Gasteiger partial charge on any atom is -0.374 e. The second kappa shape index (κ2) is 6.14. The maximum Gasteiger partial charge on any atom is 0.292 e. The number of anilines is 1. The zero-order valence-electron chi connectivity index (χ0n) is 11.0. The number of benzene rings is 1. The van der Waals surface area contributed by atoms with Crippen molar-refractivity contribution >= 4 is 11.4 Å². The first kappa shape index (κ1) is 14.0. The lowest BCUT2D eigenvalue weighted by atomic mass is 10.2. The van der Waals surface area contributed by atoms with Gasteiger partial charge in [0.15, 0.2) is 0 Å². The lowest BCUT2D eigenvalue weighted by molar-refractivity contribution is -0.384. The fourth-order valence-corrected chi connectivity index (χ4v) is 1.93. The summed E-state index contributed by atoms with van der Waals surface area (Å²) in [5, 5.41) is 13.8. The molecule has 106 valence electrons. The Morgan fingerprint density at radius 2 is 2.30 bits per heavy atom. The van der Waals surface area contributed by atoms with Gasteiger partial charge in [-0.05, 0) is 12.5 Å². The van der Waals surface area contributed by atoms with Crippen LogP contribution in [-0.4, -0.2) is 14.5 Å². The highest BCUT2D eigenvalue weighted by atomic mass is 19.1. The van der Waals surface area contributed by atoms with Crippen molar-refractivity contribution < 1.29 is 9.31 Å². The van der Waals surface area contributed by atoms with Crippen molar-refractivity contribution in [3.8, 4) is 0 Å². The predicted molar refractivity (Wildman–Crippen MR) is 72.9 cm³/mol. The van der Waals surface area contributed by atoms with E-state index >= 15 is 0 Å². The molecule has 7 heteroatoms. The molecule has 2 aromatic rings. The van der Waals surface area contributed by atoms with Gasteiger partial charge in [0.05, 0.1) is 23.5 Å². The normalized spacial score (nSPS) is 10.5. The lowest BCUT2D eigenvalue weighted by Crippen LogP contribution is -2.08. The van der Waals surface area contributed by atoms with Gasteiger partial charge in [-0.1, -0.05) is 6.92 Å². The molecule has 0 aliphatic rings. The third-order valence-electron chi connectivity index (χ3n) is 2.88. The van der Waals surface area contributed by atoms with E-state index in [-0.39, 0.29) is 11.4 Å². The summed E-state index contributed by atoms with van der Waals surface area (Å²) in [6, 6.07) is 3.35.